The zero-order valence-electron chi connectivity index (χ0n) is 15.5. The minimum absolute atomic E-state index is 0.0207. The van der Waals surface area contributed by atoms with E-state index in [0.29, 0.717) is 30.5 Å². The molecule has 9 heteroatoms. The minimum Gasteiger partial charge on any atom is -0.370 e. The number of pyridine rings is 1. The molecule has 3 heterocycles. The topological polar surface area (TPSA) is 106 Å². The van der Waals surface area contributed by atoms with Gasteiger partial charge in [0, 0.05) is 23.8 Å². The average molecular weight is 386 g/mol. The molecule has 1 amide bonds. The summed E-state index contributed by atoms with van der Waals surface area (Å²) in [6.07, 6.45) is 6.50. The Balaban J connectivity index is 1.56. The van der Waals surface area contributed by atoms with E-state index in [2.05, 4.69) is 20.3 Å². The number of ether oxygens (including phenoxy) is 1. The van der Waals surface area contributed by atoms with Gasteiger partial charge >= 0.3 is 0 Å². The summed E-state index contributed by atoms with van der Waals surface area (Å²) < 4.78 is 19.6. The van der Waals surface area contributed by atoms with Crippen molar-refractivity contribution in [1.29, 1.82) is 0 Å². The van der Waals surface area contributed by atoms with Gasteiger partial charge in [0.1, 0.15) is 18.1 Å². The predicted molar refractivity (Wildman–Crippen MR) is 102 cm³/mol. The van der Waals surface area contributed by atoms with E-state index in [1.54, 1.807) is 18.3 Å². The maximum atomic E-state index is 14.4. The van der Waals surface area contributed by atoms with E-state index >= 15 is 0 Å². The van der Waals surface area contributed by atoms with E-state index in [1.807, 2.05) is 0 Å². The van der Waals surface area contributed by atoms with Gasteiger partial charge in [0.15, 0.2) is 5.82 Å². The maximum Gasteiger partial charge on any atom is 0.254 e. The average Bonchev–Trinajstić information content (AvgIpc) is 2.71. The van der Waals surface area contributed by atoms with E-state index in [9.17, 15) is 9.18 Å². The summed E-state index contributed by atoms with van der Waals surface area (Å²) in [5.41, 5.74) is 6.66. The Hall–Kier alpha value is -2.65. The first kappa shape index (κ1) is 18.7. The van der Waals surface area contributed by atoms with Gasteiger partial charge in [0.05, 0.1) is 19.3 Å². The Morgan fingerprint density at radius 3 is 2.86 bits per heavy atom. The monoisotopic (exact) mass is 386 g/mol. The van der Waals surface area contributed by atoms with Crippen LogP contribution >= 0.6 is 0 Å². The number of morpholine rings is 1. The molecule has 1 aliphatic carbocycles. The molecule has 0 spiro atoms. The molecule has 0 bridgehead atoms. The molecule has 2 aromatic rings. The number of aromatic nitrogens is 3. The second-order valence-corrected chi connectivity index (χ2v) is 7.15. The SMILES string of the molecule is N[C@H]1CC[C@H](Nc2ncc(F)c(-c3ccnc(N4CCOCC4=O)c3)n2)CC1. The molecule has 0 radical (unpaired) electrons. The molecule has 0 unspecified atom stereocenters. The number of amides is 1. The Morgan fingerprint density at radius 1 is 1.25 bits per heavy atom. The molecule has 4 rings (SSSR count). The number of hydrogen-bond donors (Lipinski definition) is 2. The summed E-state index contributed by atoms with van der Waals surface area (Å²) in [6.45, 7) is 0.879. The Bertz CT molecular complexity index is 856. The third-order valence-corrected chi connectivity index (χ3v) is 5.13. The highest BCUT2D eigenvalue weighted by molar-refractivity contribution is 5.94. The van der Waals surface area contributed by atoms with Crippen LogP contribution in [0.15, 0.2) is 24.5 Å². The lowest BCUT2D eigenvalue weighted by atomic mass is 9.92. The lowest BCUT2D eigenvalue weighted by Gasteiger charge is -2.27. The maximum absolute atomic E-state index is 14.4. The normalized spacial score (nSPS) is 22.9. The van der Waals surface area contributed by atoms with Crippen molar-refractivity contribution in [2.24, 2.45) is 5.73 Å². The molecular formula is C19H23FN6O2. The molecule has 3 N–H and O–H groups in total. The van der Waals surface area contributed by atoms with Crippen molar-refractivity contribution in [3.05, 3.63) is 30.3 Å². The van der Waals surface area contributed by atoms with Gasteiger partial charge in [-0.3, -0.25) is 9.69 Å². The number of halogens is 1. The van der Waals surface area contributed by atoms with Crippen LogP contribution in [0.3, 0.4) is 0 Å². The fraction of sp³-hybridized carbons (Fsp3) is 0.474. The quantitative estimate of drug-likeness (QED) is 0.824. The lowest BCUT2D eigenvalue weighted by molar-refractivity contribution is -0.125. The first-order valence-electron chi connectivity index (χ1n) is 9.49. The first-order chi connectivity index (χ1) is 13.6. The number of rotatable bonds is 4. The largest absolute Gasteiger partial charge is 0.370 e. The minimum atomic E-state index is -0.526. The number of nitrogens with two attached hydrogens (primary N) is 1. The third kappa shape index (κ3) is 4.10. The van der Waals surface area contributed by atoms with E-state index in [0.717, 1.165) is 25.7 Å². The van der Waals surface area contributed by atoms with Crippen LogP contribution in [0.1, 0.15) is 25.7 Å². The molecule has 8 nitrogen and oxygen atoms in total. The van der Waals surface area contributed by atoms with Gasteiger partial charge in [-0.2, -0.15) is 0 Å². The molecule has 28 heavy (non-hydrogen) atoms. The Labute approximate surface area is 162 Å². The van der Waals surface area contributed by atoms with Crippen LogP contribution in [0.25, 0.3) is 11.3 Å². The summed E-state index contributed by atoms with van der Waals surface area (Å²) in [5.74, 6) is 0.149. The molecular weight excluding hydrogens is 363 g/mol. The number of nitrogens with zero attached hydrogens (tertiary/aromatic N) is 4. The molecule has 0 aromatic carbocycles. The fourth-order valence-electron chi connectivity index (χ4n) is 3.56. The predicted octanol–water partition coefficient (Wildman–Crippen LogP) is 1.72. The highest BCUT2D eigenvalue weighted by atomic mass is 19.1. The first-order valence-corrected chi connectivity index (χ1v) is 9.49. The van der Waals surface area contributed by atoms with Crippen LogP contribution in [0, 0.1) is 5.82 Å². The number of carbonyl (C=O) groups is 1. The van der Waals surface area contributed by atoms with Crippen LogP contribution in [-0.2, 0) is 9.53 Å². The number of nitrogens with one attached hydrogen (secondary N) is 1. The summed E-state index contributed by atoms with van der Waals surface area (Å²) in [6, 6.07) is 3.82. The van der Waals surface area contributed by atoms with Gasteiger partial charge in [0.2, 0.25) is 5.95 Å². The van der Waals surface area contributed by atoms with Crippen LogP contribution in [0.4, 0.5) is 16.2 Å². The lowest BCUT2D eigenvalue weighted by Crippen LogP contribution is -2.42. The molecule has 2 aliphatic rings. The third-order valence-electron chi connectivity index (χ3n) is 5.13. The molecule has 1 saturated carbocycles. The molecule has 148 valence electrons. The summed E-state index contributed by atoms with van der Waals surface area (Å²) in [4.78, 5) is 26.3. The Morgan fingerprint density at radius 2 is 2.07 bits per heavy atom. The van der Waals surface area contributed by atoms with Gasteiger partial charge in [0.25, 0.3) is 5.91 Å². The molecule has 1 saturated heterocycles. The van der Waals surface area contributed by atoms with Crippen molar-refractivity contribution in [3.8, 4) is 11.3 Å². The van der Waals surface area contributed by atoms with Crippen molar-refractivity contribution in [2.45, 2.75) is 37.8 Å². The molecule has 2 fully saturated rings. The van der Waals surface area contributed by atoms with Crippen molar-refractivity contribution in [2.75, 3.05) is 30.0 Å². The van der Waals surface area contributed by atoms with E-state index in [1.165, 1.54) is 11.1 Å². The second kappa shape index (κ2) is 8.15. The van der Waals surface area contributed by atoms with E-state index in [-0.39, 0.29) is 30.3 Å². The van der Waals surface area contributed by atoms with E-state index in [4.69, 9.17) is 10.5 Å². The second-order valence-electron chi connectivity index (χ2n) is 7.15. The zero-order chi connectivity index (χ0) is 19.5. The Kier molecular flexibility index (Phi) is 5.45. The van der Waals surface area contributed by atoms with Crippen molar-refractivity contribution < 1.29 is 13.9 Å². The smallest absolute Gasteiger partial charge is 0.254 e. The molecule has 2 aromatic heterocycles. The standard InChI is InChI=1S/C19H23FN6O2/c20-15-10-23-19(24-14-3-1-13(21)2-4-14)25-18(15)12-5-6-22-16(9-12)26-7-8-28-11-17(26)27/h5-6,9-10,13-14H,1-4,7-8,11,21H2,(H,23,24,25)/t13-,14-. The van der Waals surface area contributed by atoms with Crippen molar-refractivity contribution in [3.63, 3.8) is 0 Å². The summed E-state index contributed by atoms with van der Waals surface area (Å²) in [5, 5.41) is 3.28. The van der Waals surface area contributed by atoms with Crippen LogP contribution in [0.2, 0.25) is 0 Å². The highest BCUT2D eigenvalue weighted by Crippen LogP contribution is 2.26. The zero-order valence-corrected chi connectivity index (χ0v) is 15.5. The molecule has 1 aliphatic heterocycles. The van der Waals surface area contributed by atoms with Gasteiger partial charge in [-0.1, -0.05) is 0 Å². The van der Waals surface area contributed by atoms with Gasteiger partial charge in [-0.25, -0.2) is 19.3 Å². The van der Waals surface area contributed by atoms with Crippen LogP contribution in [0.5, 0.6) is 0 Å². The van der Waals surface area contributed by atoms with Gasteiger partial charge in [-0.15, -0.1) is 0 Å². The highest BCUT2D eigenvalue weighted by Gasteiger charge is 2.23. The molecule has 0 atom stereocenters. The number of hydrogen-bond acceptors (Lipinski definition) is 7. The number of anilines is 2. The van der Waals surface area contributed by atoms with Crippen molar-refractivity contribution >= 4 is 17.7 Å². The van der Waals surface area contributed by atoms with Gasteiger partial charge in [-0.05, 0) is 37.8 Å². The van der Waals surface area contributed by atoms with Gasteiger partial charge < -0.3 is 15.8 Å². The fourth-order valence-corrected chi connectivity index (χ4v) is 3.56. The summed E-state index contributed by atoms with van der Waals surface area (Å²) in [7, 11) is 0. The van der Waals surface area contributed by atoms with Crippen LogP contribution < -0.4 is 16.0 Å². The number of carbonyl (C=O) groups excluding carboxylic acids is 1. The van der Waals surface area contributed by atoms with Crippen LogP contribution in [-0.4, -0.2) is 52.7 Å². The van der Waals surface area contributed by atoms with Crippen molar-refractivity contribution in [1.82, 2.24) is 15.0 Å². The van der Waals surface area contributed by atoms with E-state index < -0.39 is 5.82 Å². The summed E-state index contributed by atoms with van der Waals surface area (Å²) >= 11 is 0.